The minimum Gasteiger partial charge on any atom is -0.494 e. The Balaban J connectivity index is 1.63. The van der Waals surface area contributed by atoms with Crippen LogP contribution in [0.3, 0.4) is 0 Å². The molecule has 3 rings (SSSR count). The van der Waals surface area contributed by atoms with Gasteiger partial charge in [-0.25, -0.2) is 0 Å². The van der Waals surface area contributed by atoms with Crippen molar-refractivity contribution in [1.29, 1.82) is 5.26 Å². The molecule has 0 fully saturated rings. The number of nitrogens with zero attached hydrogens (tertiary/aromatic N) is 1. The minimum absolute atomic E-state index is 0.195. The quantitative estimate of drug-likeness (QED) is 0.396. The first-order valence-corrected chi connectivity index (χ1v) is 12.3. The highest BCUT2D eigenvalue weighted by atomic mass is 32.1. The second-order valence-corrected chi connectivity index (χ2v) is 10.8. The van der Waals surface area contributed by atoms with Crippen molar-refractivity contribution in [2.24, 2.45) is 11.3 Å². The molecule has 1 aromatic heterocycles. The summed E-state index contributed by atoms with van der Waals surface area (Å²) in [7, 11) is 0. The molecule has 32 heavy (non-hydrogen) atoms. The number of carbonyl (C=O) groups is 1. The lowest BCUT2D eigenvalue weighted by molar-refractivity contribution is 0.0977. The number of thiocarbonyl (C=S) groups is 1. The molecule has 2 aromatic rings. The number of nitriles is 1. The maximum absolute atomic E-state index is 12.6. The molecule has 1 aromatic carbocycles. The average Bonchev–Trinajstić information content (AvgIpc) is 3.09. The number of amides is 1. The number of anilines is 1. The van der Waals surface area contributed by atoms with Crippen LogP contribution in [0, 0.1) is 22.7 Å². The monoisotopic (exact) mass is 469 g/mol. The van der Waals surface area contributed by atoms with E-state index in [9.17, 15) is 10.1 Å². The third-order valence-electron chi connectivity index (χ3n) is 5.94. The van der Waals surface area contributed by atoms with Crippen LogP contribution in [0.4, 0.5) is 5.00 Å². The first-order chi connectivity index (χ1) is 15.2. The maximum Gasteiger partial charge on any atom is 0.257 e. The molecule has 0 radical (unpaired) electrons. The Morgan fingerprint density at radius 1 is 1.31 bits per heavy atom. The fourth-order valence-corrected chi connectivity index (χ4v) is 5.42. The molecule has 2 N–H and O–H groups in total. The summed E-state index contributed by atoms with van der Waals surface area (Å²) >= 11 is 6.95. The van der Waals surface area contributed by atoms with Crippen LogP contribution in [0.25, 0.3) is 0 Å². The van der Waals surface area contributed by atoms with Crippen molar-refractivity contribution < 1.29 is 9.53 Å². The van der Waals surface area contributed by atoms with Gasteiger partial charge in [0.1, 0.15) is 16.8 Å². The molecule has 0 spiro atoms. The molecule has 7 heteroatoms. The molecule has 1 heterocycles. The number of thiophene rings is 1. The lowest BCUT2D eigenvalue weighted by Crippen LogP contribution is -2.34. The van der Waals surface area contributed by atoms with E-state index < -0.39 is 0 Å². The van der Waals surface area contributed by atoms with Crippen LogP contribution in [-0.2, 0) is 12.8 Å². The van der Waals surface area contributed by atoms with Crippen molar-refractivity contribution >= 4 is 39.6 Å². The van der Waals surface area contributed by atoms with E-state index in [0.717, 1.165) is 48.4 Å². The first kappa shape index (κ1) is 24.2. The summed E-state index contributed by atoms with van der Waals surface area (Å²) in [5.41, 5.74) is 2.52. The normalized spacial score (nSPS) is 15.4. The zero-order valence-corrected chi connectivity index (χ0v) is 20.8. The molecule has 0 saturated carbocycles. The van der Waals surface area contributed by atoms with E-state index >= 15 is 0 Å². The zero-order valence-electron chi connectivity index (χ0n) is 19.2. The van der Waals surface area contributed by atoms with Gasteiger partial charge in [0.2, 0.25) is 0 Å². The SMILES string of the molecule is CCCCOc1ccc(C(=O)NC(=S)Nc2sc3c(c2C#N)CC[C@@H](C(C)(C)C)C3)cc1. The maximum atomic E-state index is 12.6. The molecule has 0 aliphatic heterocycles. The van der Waals surface area contributed by atoms with E-state index in [4.69, 9.17) is 17.0 Å². The number of hydrogen-bond donors (Lipinski definition) is 2. The molecule has 0 unspecified atom stereocenters. The van der Waals surface area contributed by atoms with Crippen LogP contribution in [0.1, 0.15) is 73.3 Å². The number of ether oxygens (including phenoxy) is 1. The first-order valence-electron chi connectivity index (χ1n) is 11.1. The minimum atomic E-state index is -0.296. The number of carbonyl (C=O) groups excluding carboxylic acids is 1. The van der Waals surface area contributed by atoms with E-state index in [1.165, 1.54) is 4.88 Å². The molecule has 1 amide bonds. The predicted octanol–water partition coefficient (Wildman–Crippen LogP) is 6.08. The van der Waals surface area contributed by atoms with Crippen LogP contribution in [0.2, 0.25) is 0 Å². The summed E-state index contributed by atoms with van der Waals surface area (Å²) in [5, 5.41) is 16.5. The highest BCUT2D eigenvalue weighted by molar-refractivity contribution is 7.80. The molecule has 0 saturated heterocycles. The van der Waals surface area contributed by atoms with E-state index in [2.05, 4.69) is 44.4 Å². The van der Waals surface area contributed by atoms with Gasteiger partial charge in [0.15, 0.2) is 5.11 Å². The van der Waals surface area contributed by atoms with Crippen LogP contribution in [0.5, 0.6) is 5.75 Å². The molecule has 5 nitrogen and oxygen atoms in total. The van der Waals surface area contributed by atoms with Crippen LogP contribution in [-0.4, -0.2) is 17.6 Å². The van der Waals surface area contributed by atoms with E-state index in [-0.39, 0.29) is 16.4 Å². The van der Waals surface area contributed by atoms with Gasteiger partial charge in [0.05, 0.1) is 12.2 Å². The highest BCUT2D eigenvalue weighted by Crippen LogP contribution is 2.43. The number of nitrogens with one attached hydrogen (secondary N) is 2. The van der Waals surface area contributed by atoms with Gasteiger partial charge in [-0.3, -0.25) is 10.1 Å². The van der Waals surface area contributed by atoms with Crippen molar-refractivity contribution in [2.75, 3.05) is 11.9 Å². The van der Waals surface area contributed by atoms with Gasteiger partial charge in [0.25, 0.3) is 5.91 Å². The topological polar surface area (TPSA) is 74.2 Å². The Kier molecular flexibility index (Phi) is 7.91. The van der Waals surface area contributed by atoms with E-state index in [1.807, 2.05) is 0 Å². The second-order valence-electron chi connectivity index (χ2n) is 9.26. The van der Waals surface area contributed by atoms with Crippen molar-refractivity contribution in [3.05, 3.63) is 45.8 Å². The van der Waals surface area contributed by atoms with Crippen molar-refractivity contribution in [1.82, 2.24) is 5.32 Å². The largest absolute Gasteiger partial charge is 0.494 e. The number of unbranched alkanes of at least 4 members (excludes halogenated alkanes) is 1. The predicted molar refractivity (Wildman–Crippen MR) is 135 cm³/mol. The summed E-state index contributed by atoms with van der Waals surface area (Å²) in [6, 6.07) is 9.34. The van der Waals surface area contributed by atoms with Gasteiger partial charge in [0, 0.05) is 10.4 Å². The molecular formula is C25H31N3O2S2. The summed E-state index contributed by atoms with van der Waals surface area (Å²) in [6.45, 7) is 9.60. The second kappa shape index (κ2) is 10.5. The van der Waals surface area contributed by atoms with Crippen LogP contribution in [0.15, 0.2) is 24.3 Å². The number of hydrogen-bond acceptors (Lipinski definition) is 5. The van der Waals surface area contributed by atoms with Crippen molar-refractivity contribution in [3.63, 3.8) is 0 Å². The van der Waals surface area contributed by atoms with Gasteiger partial charge in [-0.05, 0) is 79.1 Å². The van der Waals surface area contributed by atoms with Gasteiger partial charge >= 0.3 is 0 Å². The van der Waals surface area contributed by atoms with Gasteiger partial charge in [-0.1, -0.05) is 34.1 Å². The molecule has 1 aliphatic carbocycles. The lowest BCUT2D eigenvalue weighted by Gasteiger charge is -2.33. The molecule has 1 atom stereocenters. The fraction of sp³-hybridized carbons (Fsp3) is 0.480. The van der Waals surface area contributed by atoms with Gasteiger partial charge in [-0.2, -0.15) is 5.26 Å². The smallest absolute Gasteiger partial charge is 0.257 e. The van der Waals surface area contributed by atoms with Gasteiger partial charge in [-0.15, -0.1) is 11.3 Å². The lowest BCUT2D eigenvalue weighted by atomic mass is 9.72. The Hall–Kier alpha value is -2.43. The average molecular weight is 470 g/mol. The van der Waals surface area contributed by atoms with E-state index in [1.54, 1.807) is 35.6 Å². The van der Waals surface area contributed by atoms with Crippen molar-refractivity contribution in [3.8, 4) is 11.8 Å². The van der Waals surface area contributed by atoms with Crippen LogP contribution >= 0.6 is 23.6 Å². The fourth-order valence-electron chi connectivity index (χ4n) is 3.88. The number of rotatable bonds is 6. The Labute approximate surface area is 200 Å². The number of fused-ring (bicyclic) bond motifs is 1. The summed E-state index contributed by atoms with van der Waals surface area (Å²) in [6.07, 6.45) is 5.04. The Morgan fingerprint density at radius 2 is 2.03 bits per heavy atom. The van der Waals surface area contributed by atoms with Crippen molar-refractivity contribution in [2.45, 2.75) is 59.8 Å². The molecular weight excluding hydrogens is 438 g/mol. The standard InChI is InChI=1S/C25H31N3O2S2/c1-5-6-13-30-18-10-7-16(8-11-18)22(29)27-24(31)28-23-20(15-26)19-12-9-17(25(2,3)4)14-21(19)32-23/h7-8,10-11,17H,5-6,9,12-14H2,1-4H3,(H2,27,28,29,31)/t17-/m1/s1. The molecule has 1 aliphatic rings. The Morgan fingerprint density at radius 3 is 2.66 bits per heavy atom. The van der Waals surface area contributed by atoms with E-state index in [0.29, 0.717) is 23.7 Å². The van der Waals surface area contributed by atoms with Crippen LogP contribution < -0.4 is 15.4 Å². The summed E-state index contributed by atoms with van der Waals surface area (Å²) in [4.78, 5) is 13.8. The van der Waals surface area contributed by atoms with Gasteiger partial charge < -0.3 is 10.1 Å². The Bertz CT molecular complexity index is 1010. The third-order valence-corrected chi connectivity index (χ3v) is 7.31. The highest BCUT2D eigenvalue weighted by Gasteiger charge is 2.32. The summed E-state index contributed by atoms with van der Waals surface area (Å²) < 4.78 is 5.64. The zero-order chi connectivity index (χ0) is 23.3. The number of benzene rings is 1. The molecule has 170 valence electrons. The molecule has 0 bridgehead atoms. The third kappa shape index (κ3) is 5.87. The summed E-state index contributed by atoms with van der Waals surface area (Å²) in [5.74, 6) is 1.04.